The van der Waals surface area contributed by atoms with Gasteiger partial charge in [-0.15, -0.1) is 23.7 Å². The van der Waals surface area contributed by atoms with E-state index in [1.165, 1.54) is 0 Å². The number of methoxy groups -OCH3 is 2. The van der Waals surface area contributed by atoms with Gasteiger partial charge >= 0.3 is 0 Å². The van der Waals surface area contributed by atoms with Crippen LogP contribution in [0.15, 0.2) is 28.1 Å². The minimum absolute atomic E-state index is 0. The number of halogens is 1. The Morgan fingerprint density at radius 2 is 1.96 bits per heavy atom. The molecular formula is C18H23ClN4O3S. The number of benzene rings is 1. The van der Waals surface area contributed by atoms with E-state index >= 15 is 0 Å². The Morgan fingerprint density at radius 1 is 1.19 bits per heavy atom. The van der Waals surface area contributed by atoms with Crippen molar-refractivity contribution in [1.29, 1.82) is 0 Å². The van der Waals surface area contributed by atoms with Crippen molar-refractivity contribution >= 4 is 23.7 Å². The lowest BCUT2D eigenvalue weighted by Gasteiger charge is -2.08. The minimum atomic E-state index is 0. The largest absolute Gasteiger partial charge is 0.493 e. The average molecular weight is 411 g/mol. The number of rotatable bonds is 8. The molecule has 7 nitrogen and oxygen atoms in total. The maximum absolute atomic E-state index is 5.36. The summed E-state index contributed by atoms with van der Waals surface area (Å²) >= 11 is 1.57. The summed E-state index contributed by atoms with van der Waals surface area (Å²) in [6, 6.07) is 6.07. The molecule has 1 aromatic carbocycles. The van der Waals surface area contributed by atoms with Crippen LogP contribution in [0, 0.1) is 0 Å². The maximum Gasteiger partial charge on any atom is 0.232 e. The van der Waals surface area contributed by atoms with E-state index in [1.807, 2.05) is 30.6 Å². The highest BCUT2D eigenvalue weighted by Gasteiger charge is 2.13. The van der Waals surface area contributed by atoms with Crippen molar-refractivity contribution in [2.24, 2.45) is 0 Å². The molecule has 0 spiro atoms. The molecule has 0 aliphatic rings. The first-order valence-corrected chi connectivity index (χ1v) is 9.16. The Balaban J connectivity index is 0.00000261. The Morgan fingerprint density at radius 3 is 2.67 bits per heavy atom. The number of hydrogen-bond acceptors (Lipinski definition) is 8. The van der Waals surface area contributed by atoms with Crippen molar-refractivity contribution in [3.05, 3.63) is 41.0 Å². The number of hydrogen-bond donors (Lipinski definition) is 1. The molecule has 9 heteroatoms. The molecule has 146 valence electrons. The molecule has 0 bridgehead atoms. The van der Waals surface area contributed by atoms with Crippen LogP contribution >= 0.6 is 23.7 Å². The quantitative estimate of drug-likeness (QED) is 0.609. The van der Waals surface area contributed by atoms with E-state index in [0.717, 1.165) is 22.7 Å². The van der Waals surface area contributed by atoms with Crippen molar-refractivity contribution in [3.63, 3.8) is 0 Å². The standard InChI is InChI=1S/C18H22N4O3S.ClH/c1-11(19-2)7-16-21-17(25-22-16)9-13-10-26-18(20-13)12-5-6-14(23-3)15(8-12)24-4;/h5-6,8,10-11,19H,7,9H2,1-4H3;1H. The molecule has 1 unspecified atom stereocenters. The molecule has 1 N–H and O–H groups in total. The normalized spacial score (nSPS) is 11.7. The summed E-state index contributed by atoms with van der Waals surface area (Å²) in [4.78, 5) is 9.11. The van der Waals surface area contributed by atoms with Gasteiger partial charge in [-0.05, 0) is 32.2 Å². The molecule has 2 aromatic heterocycles. The highest BCUT2D eigenvalue weighted by molar-refractivity contribution is 7.13. The monoisotopic (exact) mass is 410 g/mol. The molecular weight excluding hydrogens is 388 g/mol. The second-order valence-electron chi connectivity index (χ2n) is 5.89. The van der Waals surface area contributed by atoms with Gasteiger partial charge in [-0.3, -0.25) is 0 Å². The van der Waals surface area contributed by atoms with E-state index < -0.39 is 0 Å². The summed E-state index contributed by atoms with van der Waals surface area (Å²) in [7, 11) is 5.16. The Hall–Kier alpha value is -2.16. The second-order valence-corrected chi connectivity index (χ2v) is 6.75. The fourth-order valence-corrected chi connectivity index (χ4v) is 3.28. The van der Waals surface area contributed by atoms with E-state index in [-0.39, 0.29) is 12.4 Å². The number of ether oxygens (including phenoxy) is 2. The predicted octanol–water partition coefficient (Wildman–Crippen LogP) is 3.37. The molecule has 0 saturated carbocycles. The average Bonchev–Trinajstić information content (AvgIpc) is 3.31. The van der Waals surface area contributed by atoms with E-state index in [0.29, 0.717) is 35.7 Å². The summed E-state index contributed by atoms with van der Waals surface area (Å²) in [5.74, 6) is 2.66. The molecule has 27 heavy (non-hydrogen) atoms. The second kappa shape index (κ2) is 9.68. The number of nitrogens with one attached hydrogen (secondary N) is 1. The number of likely N-dealkylation sites (N-methyl/N-ethyl adjacent to an activating group) is 1. The minimum Gasteiger partial charge on any atom is -0.493 e. The molecule has 0 aliphatic heterocycles. The van der Waals surface area contributed by atoms with E-state index in [1.54, 1.807) is 25.6 Å². The van der Waals surface area contributed by atoms with Gasteiger partial charge in [0.05, 0.1) is 26.3 Å². The first-order chi connectivity index (χ1) is 12.6. The third-order valence-corrected chi connectivity index (χ3v) is 4.95. The van der Waals surface area contributed by atoms with Crippen LogP contribution in [0.2, 0.25) is 0 Å². The highest BCUT2D eigenvalue weighted by Crippen LogP contribution is 2.33. The zero-order valence-corrected chi connectivity index (χ0v) is 17.3. The van der Waals surface area contributed by atoms with Crippen LogP contribution < -0.4 is 14.8 Å². The summed E-state index contributed by atoms with van der Waals surface area (Å²) < 4.78 is 16.0. The zero-order chi connectivity index (χ0) is 18.5. The van der Waals surface area contributed by atoms with Crippen LogP contribution in [0.4, 0.5) is 0 Å². The first-order valence-electron chi connectivity index (χ1n) is 8.28. The van der Waals surface area contributed by atoms with E-state index in [4.69, 9.17) is 14.0 Å². The van der Waals surface area contributed by atoms with Crippen LogP contribution in [-0.2, 0) is 12.8 Å². The van der Waals surface area contributed by atoms with Gasteiger partial charge in [0.15, 0.2) is 17.3 Å². The molecule has 0 amide bonds. The van der Waals surface area contributed by atoms with Crippen molar-refractivity contribution in [1.82, 2.24) is 20.4 Å². The smallest absolute Gasteiger partial charge is 0.232 e. The molecule has 3 rings (SSSR count). The van der Waals surface area contributed by atoms with Gasteiger partial charge in [0.25, 0.3) is 0 Å². The van der Waals surface area contributed by atoms with Gasteiger partial charge < -0.3 is 19.3 Å². The van der Waals surface area contributed by atoms with Crippen molar-refractivity contribution in [2.45, 2.75) is 25.8 Å². The van der Waals surface area contributed by atoms with Crippen LogP contribution in [0.5, 0.6) is 11.5 Å². The number of nitrogens with zero attached hydrogens (tertiary/aromatic N) is 3. The molecule has 1 atom stereocenters. The molecule has 0 radical (unpaired) electrons. The molecule has 0 saturated heterocycles. The lowest BCUT2D eigenvalue weighted by molar-refractivity contribution is 0.355. The van der Waals surface area contributed by atoms with Crippen molar-refractivity contribution < 1.29 is 14.0 Å². The Kier molecular flexibility index (Phi) is 7.58. The predicted molar refractivity (Wildman–Crippen MR) is 107 cm³/mol. The lowest BCUT2D eigenvalue weighted by atomic mass is 10.2. The van der Waals surface area contributed by atoms with Gasteiger partial charge in [0, 0.05) is 23.4 Å². The lowest BCUT2D eigenvalue weighted by Crippen LogP contribution is -2.24. The number of aromatic nitrogens is 3. The first kappa shape index (κ1) is 21.1. The van der Waals surface area contributed by atoms with Gasteiger partial charge in [-0.25, -0.2) is 4.98 Å². The van der Waals surface area contributed by atoms with Gasteiger partial charge in [0.2, 0.25) is 5.89 Å². The fraction of sp³-hybridized carbons (Fsp3) is 0.389. The highest BCUT2D eigenvalue weighted by atomic mass is 35.5. The van der Waals surface area contributed by atoms with Crippen LogP contribution in [-0.4, -0.2) is 42.4 Å². The Bertz CT molecular complexity index is 868. The third kappa shape index (κ3) is 5.18. The summed E-state index contributed by atoms with van der Waals surface area (Å²) in [5.41, 5.74) is 1.88. The van der Waals surface area contributed by atoms with E-state index in [9.17, 15) is 0 Å². The summed E-state index contributed by atoms with van der Waals surface area (Å²) in [5, 5.41) is 10.1. The van der Waals surface area contributed by atoms with Gasteiger partial charge in [-0.2, -0.15) is 4.98 Å². The van der Waals surface area contributed by atoms with E-state index in [2.05, 4.69) is 27.4 Å². The molecule has 0 fully saturated rings. The Labute approximate surface area is 168 Å². The van der Waals surface area contributed by atoms with Crippen LogP contribution in [0.3, 0.4) is 0 Å². The van der Waals surface area contributed by atoms with Crippen molar-refractivity contribution in [3.8, 4) is 22.1 Å². The molecule has 2 heterocycles. The maximum atomic E-state index is 5.36. The zero-order valence-electron chi connectivity index (χ0n) is 15.7. The molecule has 3 aromatic rings. The van der Waals surface area contributed by atoms with Crippen LogP contribution in [0.1, 0.15) is 24.3 Å². The van der Waals surface area contributed by atoms with Gasteiger partial charge in [-0.1, -0.05) is 5.16 Å². The summed E-state index contributed by atoms with van der Waals surface area (Å²) in [6.07, 6.45) is 1.25. The third-order valence-electron chi connectivity index (χ3n) is 4.01. The van der Waals surface area contributed by atoms with Crippen LogP contribution in [0.25, 0.3) is 10.6 Å². The fourth-order valence-electron chi connectivity index (χ4n) is 2.47. The van der Waals surface area contributed by atoms with Crippen molar-refractivity contribution in [2.75, 3.05) is 21.3 Å². The number of thiazole rings is 1. The topological polar surface area (TPSA) is 82.3 Å². The molecule has 0 aliphatic carbocycles. The van der Waals surface area contributed by atoms with Gasteiger partial charge in [0.1, 0.15) is 5.01 Å². The SMILES string of the molecule is CNC(C)Cc1noc(Cc2csc(-c3ccc(OC)c(OC)c3)n2)n1.Cl. The summed E-state index contributed by atoms with van der Waals surface area (Å²) in [6.45, 7) is 2.08.